The summed E-state index contributed by atoms with van der Waals surface area (Å²) in [5.74, 6) is -0.0964. The Bertz CT molecular complexity index is 988. The van der Waals surface area contributed by atoms with E-state index in [-0.39, 0.29) is 13.0 Å². The molecule has 7 heteroatoms. The van der Waals surface area contributed by atoms with Crippen LogP contribution in [0.25, 0.3) is 0 Å². The number of ether oxygens (including phenoxy) is 1. The molecule has 2 amide bonds. The summed E-state index contributed by atoms with van der Waals surface area (Å²) in [4.78, 5) is 31.8. The van der Waals surface area contributed by atoms with Crippen molar-refractivity contribution in [1.29, 1.82) is 0 Å². The number of aryl methyl sites for hydroxylation is 1. The van der Waals surface area contributed by atoms with E-state index in [9.17, 15) is 14.0 Å². The first-order valence-corrected chi connectivity index (χ1v) is 11.4. The zero-order valence-corrected chi connectivity index (χ0v) is 20.3. The molecule has 3 atom stereocenters. The van der Waals surface area contributed by atoms with Crippen molar-refractivity contribution in [1.82, 2.24) is 15.2 Å². The standard InChI is InChI=1S/C26H34FN3O3/c1-16(2)20-14-28-21(12-17(20)3)23(18-10-8-7-9-11-18)29-24(31)22-13-19(27)15-30(22)25(32)33-26(4,5)6/h7-12,14,16,19,22-23H,13,15H2,1-6H3,(H,29,31)/t19?,22?,23-/m0/s1. The Hall–Kier alpha value is -2.96. The highest BCUT2D eigenvalue weighted by molar-refractivity contribution is 5.87. The largest absolute Gasteiger partial charge is 0.444 e. The van der Waals surface area contributed by atoms with E-state index in [1.807, 2.05) is 49.5 Å². The summed E-state index contributed by atoms with van der Waals surface area (Å²) in [6.45, 7) is 11.3. The van der Waals surface area contributed by atoms with E-state index in [0.29, 0.717) is 11.6 Å². The molecule has 1 aliphatic heterocycles. The van der Waals surface area contributed by atoms with Gasteiger partial charge in [-0.15, -0.1) is 0 Å². The summed E-state index contributed by atoms with van der Waals surface area (Å²) in [7, 11) is 0. The molecule has 1 saturated heterocycles. The van der Waals surface area contributed by atoms with E-state index in [4.69, 9.17) is 4.74 Å². The summed E-state index contributed by atoms with van der Waals surface area (Å²) in [5.41, 5.74) is 3.04. The molecule has 0 radical (unpaired) electrons. The van der Waals surface area contributed by atoms with Crippen molar-refractivity contribution in [2.75, 3.05) is 6.54 Å². The maximum absolute atomic E-state index is 14.3. The van der Waals surface area contributed by atoms with Gasteiger partial charge in [0.05, 0.1) is 18.3 Å². The van der Waals surface area contributed by atoms with Crippen LogP contribution in [-0.4, -0.2) is 46.2 Å². The number of alkyl halides is 1. The molecule has 33 heavy (non-hydrogen) atoms. The summed E-state index contributed by atoms with van der Waals surface area (Å²) in [6, 6.07) is 10.0. The minimum absolute atomic E-state index is 0.0642. The van der Waals surface area contributed by atoms with Crippen molar-refractivity contribution in [3.63, 3.8) is 0 Å². The minimum Gasteiger partial charge on any atom is -0.444 e. The lowest BCUT2D eigenvalue weighted by Crippen LogP contribution is -2.48. The van der Waals surface area contributed by atoms with E-state index in [2.05, 4.69) is 24.1 Å². The highest BCUT2D eigenvalue weighted by Gasteiger charge is 2.42. The highest BCUT2D eigenvalue weighted by Crippen LogP contribution is 2.28. The fraction of sp³-hybridized carbons (Fsp3) is 0.500. The number of nitrogens with one attached hydrogen (secondary N) is 1. The number of hydrogen-bond acceptors (Lipinski definition) is 4. The van der Waals surface area contributed by atoms with Gasteiger partial charge in [0.15, 0.2) is 0 Å². The number of aromatic nitrogens is 1. The third-order valence-corrected chi connectivity index (χ3v) is 5.69. The molecule has 0 bridgehead atoms. The Balaban J connectivity index is 1.89. The molecule has 0 aliphatic carbocycles. The predicted octanol–water partition coefficient (Wildman–Crippen LogP) is 5.07. The normalized spacial score (nSPS) is 19.5. The van der Waals surface area contributed by atoms with Crippen LogP contribution in [0.4, 0.5) is 9.18 Å². The van der Waals surface area contributed by atoms with Crippen molar-refractivity contribution in [2.45, 2.75) is 77.7 Å². The molecule has 2 aromatic rings. The molecule has 1 N–H and O–H groups in total. The Morgan fingerprint density at radius 3 is 2.45 bits per heavy atom. The van der Waals surface area contributed by atoms with Crippen LogP contribution < -0.4 is 5.32 Å². The van der Waals surface area contributed by atoms with E-state index >= 15 is 0 Å². The van der Waals surface area contributed by atoms with Gasteiger partial charge in [-0.1, -0.05) is 44.2 Å². The van der Waals surface area contributed by atoms with Crippen LogP contribution in [0.2, 0.25) is 0 Å². The minimum atomic E-state index is -1.28. The average Bonchev–Trinajstić information content (AvgIpc) is 3.13. The smallest absolute Gasteiger partial charge is 0.411 e. The first-order valence-electron chi connectivity index (χ1n) is 11.4. The van der Waals surface area contributed by atoms with Crippen LogP contribution in [0.3, 0.4) is 0 Å². The van der Waals surface area contributed by atoms with Crippen molar-refractivity contribution >= 4 is 12.0 Å². The van der Waals surface area contributed by atoms with Gasteiger partial charge in [0, 0.05) is 12.6 Å². The Labute approximate surface area is 195 Å². The van der Waals surface area contributed by atoms with E-state index in [0.717, 1.165) is 16.7 Å². The topological polar surface area (TPSA) is 71.5 Å². The zero-order valence-electron chi connectivity index (χ0n) is 20.3. The molecule has 2 unspecified atom stereocenters. The molecule has 0 spiro atoms. The van der Waals surface area contributed by atoms with Gasteiger partial charge in [0.1, 0.15) is 17.8 Å². The summed E-state index contributed by atoms with van der Waals surface area (Å²) >= 11 is 0. The number of likely N-dealkylation sites (tertiary alicyclic amines) is 1. The number of carbonyl (C=O) groups is 2. The molecule has 1 aliphatic rings. The van der Waals surface area contributed by atoms with Crippen LogP contribution in [0.15, 0.2) is 42.6 Å². The van der Waals surface area contributed by atoms with Crippen molar-refractivity contribution in [2.24, 2.45) is 0 Å². The number of benzene rings is 1. The average molecular weight is 456 g/mol. The number of pyridine rings is 1. The molecule has 1 aromatic carbocycles. The highest BCUT2D eigenvalue weighted by atomic mass is 19.1. The molecule has 178 valence electrons. The lowest BCUT2D eigenvalue weighted by atomic mass is 9.96. The van der Waals surface area contributed by atoms with E-state index in [1.165, 1.54) is 4.90 Å². The second kappa shape index (κ2) is 9.89. The van der Waals surface area contributed by atoms with Crippen LogP contribution in [0, 0.1) is 6.92 Å². The van der Waals surface area contributed by atoms with E-state index < -0.39 is 35.9 Å². The Morgan fingerprint density at radius 1 is 1.21 bits per heavy atom. The number of rotatable bonds is 5. The van der Waals surface area contributed by atoms with Crippen LogP contribution in [-0.2, 0) is 9.53 Å². The SMILES string of the molecule is Cc1cc([C@@H](NC(=O)C2CC(F)CN2C(=O)OC(C)(C)C)c2ccccc2)ncc1C(C)C. The number of carbonyl (C=O) groups excluding carboxylic acids is 2. The second-order valence-corrected chi connectivity index (χ2v) is 9.95. The quantitative estimate of drug-likeness (QED) is 0.684. The van der Waals surface area contributed by atoms with Crippen LogP contribution in [0.5, 0.6) is 0 Å². The summed E-state index contributed by atoms with van der Waals surface area (Å²) < 4.78 is 19.7. The predicted molar refractivity (Wildman–Crippen MR) is 126 cm³/mol. The molecule has 2 heterocycles. The molecule has 3 rings (SSSR count). The lowest BCUT2D eigenvalue weighted by molar-refractivity contribution is -0.126. The second-order valence-electron chi connectivity index (χ2n) is 9.95. The van der Waals surface area contributed by atoms with Gasteiger partial charge in [-0.3, -0.25) is 14.7 Å². The maximum atomic E-state index is 14.3. The van der Waals surface area contributed by atoms with Gasteiger partial charge >= 0.3 is 6.09 Å². The van der Waals surface area contributed by atoms with E-state index in [1.54, 1.807) is 20.8 Å². The zero-order chi connectivity index (χ0) is 24.3. The van der Waals surface area contributed by atoms with Gasteiger partial charge < -0.3 is 10.1 Å². The van der Waals surface area contributed by atoms with Gasteiger partial charge in [-0.2, -0.15) is 0 Å². The molecular formula is C26H34FN3O3. The number of nitrogens with zero attached hydrogens (tertiary/aromatic N) is 2. The molecule has 6 nitrogen and oxygen atoms in total. The summed E-state index contributed by atoms with van der Waals surface area (Å²) in [5, 5.41) is 3.02. The number of halogens is 1. The monoisotopic (exact) mass is 455 g/mol. The van der Waals surface area contributed by atoms with Gasteiger partial charge in [0.25, 0.3) is 0 Å². The van der Waals surface area contributed by atoms with Gasteiger partial charge in [-0.25, -0.2) is 9.18 Å². The van der Waals surface area contributed by atoms with Crippen molar-refractivity contribution < 1.29 is 18.7 Å². The fourth-order valence-corrected chi connectivity index (χ4v) is 4.12. The number of hydrogen-bond donors (Lipinski definition) is 1. The molecular weight excluding hydrogens is 421 g/mol. The first kappa shape index (κ1) is 24.7. The van der Waals surface area contributed by atoms with Crippen molar-refractivity contribution in [3.8, 4) is 0 Å². The third-order valence-electron chi connectivity index (χ3n) is 5.69. The van der Waals surface area contributed by atoms with Crippen LogP contribution in [0.1, 0.15) is 75.4 Å². The Morgan fingerprint density at radius 2 is 1.88 bits per heavy atom. The van der Waals surface area contributed by atoms with Gasteiger partial charge in [-0.05, 0) is 56.4 Å². The first-order chi connectivity index (χ1) is 15.5. The van der Waals surface area contributed by atoms with Crippen molar-refractivity contribution in [3.05, 3.63) is 65.0 Å². The molecule has 1 fully saturated rings. The summed E-state index contributed by atoms with van der Waals surface area (Å²) in [6.07, 6.45) is -0.188. The maximum Gasteiger partial charge on any atom is 0.411 e. The van der Waals surface area contributed by atoms with Crippen LogP contribution >= 0.6 is 0 Å². The molecule has 1 aromatic heterocycles. The Kier molecular flexibility index (Phi) is 7.40. The fourth-order valence-electron chi connectivity index (χ4n) is 4.12. The molecule has 0 saturated carbocycles. The number of amides is 2. The van der Waals surface area contributed by atoms with Gasteiger partial charge in [0.2, 0.25) is 5.91 Å². The lowest BCUT2D eigenvalue weighted by Gasteiger charge is -2.29. The third kappa shape index (κ3) is 6.09.